The van der Waals surface area contributed by atoms with Crippen molar-refractivity contribution in [1.29, 1.82) is 0 Å². The lowest BCUT2D eigenvalue weighted by atomic mass is 10.1. The lowest BCUT2D eigenvalue weighted by molar-refractivity contribution is -0.757. The molecule has 0 saturated heterocycles. The van der Waals surface area contributed by atoms with Crippen LogP contribution in [0, 0.1) is 10.1 Å². The second kappa shape index (κ2) is 11.0. The van der Waals surface area contributed by atoms with E-state index < -0.39 is 28.8 Å². The summed E-state index contributed by atoms with van der Waals surface area (Å²) in [7, 11) is 0. The highest BCUT2D eigenvalue weighted by molar-refractivity contribution is 5.81. The van der Waals surface area contributed by atoms with Crippen LogP contribution in [0.25, 0.3) is 0 Å². The Hall–Kier alpha value is -2.84. The molecule has 0 saturated carbocycles. The van der Waals surface area contributed by atoms with Crippen LogP contribution in [0.4, 0.5) is 4.79 Å². The van der Waals surface area contributed by atoms with Gasteiger partial charge in [-0.25, -0.2) is 9.59 Å². The molecule has 27 heavy (non-hydrogen) atoms. The lowest BCUT2D eigenvalue weighted by Crippen LogP contribution is -2.45. The molecule has 0 bridgehead atoms. The predicted molar refractivity (Wildman–Crippen MR) is 96.4 cm³/mol. The molecule has 1 aromatic rings. The number of hydrogen-bond donors (Lipinski definition) is 1. The molecule has 1 amide bonds. The van der Waals surface area contributed by atoms with E-state index in [0.29, 0.717) is 12.8 Å². The second-order valence-corrected chi connectivity index (χ2v) is 6.82. The van der Waals surface area contributed by atoms with E-state index in [1.807, 2.05) is 30.3 Å². The number of carbonyl (C=O) groups is 2. The van der Waals surface area contributed by atoms with Gasteiger partial charge in [-0.15, -0.1) is 10.1 Å². The number of nitrogens with one attached hydrogen (secondary N) is 1. The Kier molecular flexibility index (Phi) is 9.04. The number of amides is 1. The maximum atomic E-state index is 12.4. The van der Waals surface area contributed by atoms with Crippen molar-refractivity contribution in [2.24, 2.45) is 0 Å². The van der Waals surface area contributed by atoms with E-state index >= 15 is 0 Å². The van der Waals surface area contributed by atoms with E-state index in [-0.39, 0.29) is 19.6 Å². The van der Waals surface area contributed by atoms with Crippen LogP contribution in [0.5, 0.6) is 0 Å². The topological polar surface area (TPSA) is 117 Å². The van der Waals surface area contributed by atoms with E-state index in [1.54, 1.807) is 20.8 Å². The van der Waals surface area contributed by atoms with Crippen molar-refractivity contribution in [3.63, 3.8) is 0 Å². The average molecular weight is 382 g/mol. The molecule has 0 aliphatic heterocycles. The number of unbranched alkanes of at least 4 members (excludes halogenated alkanes) is 1. The third kappa shape index (κ3) is 10.7. The van der Waals surface area contributed by atoms with Crippen LogP contribution in [0.15, 0.2) is 30.3 Å². The number of hydrogen-bond acceptors (Lipinski definition) is 7. The molecule has 0 fully saturated rings. The summed E-state index contributed by atoms with van der Waals surface area (Å²) in [4.78, 5) is 38.6. The van der Waals surface area contributed by atoms with Crippen LogP contribution < -0.4 is 5.32 Å². The monoisotopic (exact) mass is 382 g/mol. The number of alkyl carbamates (subject to hydrolysis) is 1. The van der Waals surface area contributed by atoms with Crippen LogP contribution in [-0.2, 0) is 25.5 Å². The highest BCUT2D eigenvalue weighted by Gasteiger charge is 2.25. The highest BCUT2D eigenvalue weighted by Crippen LogP contribution is 2.09. The van der Waals surface area contributed by atoms with Gasteiger partial charge in [-0.2, -0.15) is 0 Å². The molecule has 9 heteroatoms. The van der Waals surface area contributed by atoms with Crippen LogP contribution >= 0.6 is 0 Å². The highest BCUT2D eigenvalue weighted by atomic mass is 16.9. The molecule has 1 rings (SSSR count). The van der Waals surface area contributed by atoms with Gasteiger partial charge in [0.15, 0.2) is 0 Å². The molecule has 0 radical (unpaired) electrons. The zero-order valence-electron chi connectivity index (χ0n) is 15.8. The van der Waals surface area contributed by atoms with Crippen molar-refractivity contribution in [1.82, 2.24) is 5.32 Å². The van der Waals surface area contributed by atoms with Crippen LogP contribution in [0.1, 0.15) is 39.2 Å². The summed E-state index contributed by atoms with van der Waals surface area (Å²) in [5, 5.41) is 11.7. The molecule has 1 aromatic carbocycles. The minimum atomic E-state index is -0.905. The predicted octanol–water partition coefficient (Wildman–Crippen LogP) is 2.65. The standard InChI is InChI=1S/C18H26N2O7/c1-18(2,3)27-17(22)19-15(13-14-9-5-4-6-10-14)16(21)25-11-7-8-12-26-20(23)24/h4-6,9-10,15H,7-8,11-13H2,1-3H3,(H,19,22). The third-order valence-corrected chi connectivity index (χ3v) is 3.24. The van der Waals surface area contributed by atoms with Gasteiger partial charge in [0.05, 0.1) is 13.2 Å². The molecule has 0 aliphatic carbocycles. The first-order valence-electron chi connectivity index (χ1n) is 8.65. The van der Waals surface area contributed by atoms with Gasteiger partial charge in [0.25, 0.3) is 5.09 Å². The zero-order chi connectivity index (χ0) is 20.3. The lowest BCUT2D eigenvalue weighted by Gasteiger charge is -2.23. The van der Waals surface area contributed by atoms with Crippen molar-refractivity contribution in [2.75, 3.05) is 13.2 Å². The zero-order valence-corrected chi connectivity index (χ0v) is 15.8. The van der Waals surface area contributed by atoms with Crippen LogP contribution in [0.2, 0.25) is 0 Å². The number of benzene rings is 1. The van der Waals surface area contributed by atoms with Gasteiger partial charge < -0.3 is 19.6 Å². The Morgan fingerprint density at radius 3 is 2.37 bits per heavy atom. The van der Waals surface area contributed by atoms with E-state index in [0.717, 1.165) is 5.56 Å². The molecule has 0 spiro atoms. The van der Waals surface area contributed by atoms with Gasteiger partial charge in [-0.1, -0.05) is 30.3 Å². The largest absolute Gasteiger partial charge is 0.464 e. The first kappa shape index (κ1) is 22.2. The van der Waals surface area contributed by atoms with Gasteiger partial charge in [-0.05, 0) is 39.2 Å². The number of nitrogens with zero attached hydrogens (tertiary/aromatic N) is 1. The first-order chi connectivity index (χ1) is 12.7. The van der Waals surface area contributed by atoms with E-state index in [9.17, 15) is 19.7 Å². The summed E-state index contributed by atoms with van der Waals surface area (Å²) in [6.45, 7) is 5.19. The molecular weight excluding hydrogens is 356 g/mol. The summed E-state index contributed by atoms with van der Waals surface area (Å²) in [5.41, 5.74) is 0.164. The van der Waals surface area contributed by atoms with Gasteiger partial charge in [0, 0.05) is 6.42 Å². The molecule has 150 valence electrons. The summed E-state index contributed by atoms with van der Waals surface area (Å²) in [6.07, 6.45) is 0.324. The van der Waals surface area contributed by atoms with E-state index in [2.05, 4.69) is 10.2 Å². The van der Waals surface area contributed by atoms with Crippen molar-refractivity contribution in [2.45, 2.75) is 51.7 Å². The SMILES string of the molecule is CC(C)(C)OC(=O)NC(Cc1ccccc1)C(=O)OCCCCO[N+](=O)[O-]. The fraction of sp³-hybridized carbons (Fsp3) is 0.556. The molecule has 0 aromatic heterocycles. The minimum Gasteiger partial charge on any atom is -0.464 e. The van der Waals surface area contributed by atoms with Crippen molar-refractivity contribution in [3.05, 3.63) is 46.0 Å². The Bertz CT molecular complexity index is 614. The van der Waals surface area contributed by atoms with Gasteiger partial charge in [0.1, 0.15) is 11.6 Å². The van der Waals surface area contributed by atoms with E-state index in [1.165, 1.54) is 0 Å². The first-order valence-corrected chi connectivity index (χ1v) is 8.65. The molecular formula is C18H26N2O7. The van der Waals surface area contributed by atoms with Crippen LogP contribution in [0.3, 0.4) is 0 Å². The normalized spacial score (nSPS) is 12.0. The Morgan fingerprint density at radius 1 is 1.15 bits per heavy atom. The average Bonchev–Trinajstić information content (AvgIpc) is 2.56. The summed E-state index contributed by atoms with van der Waals surface area (Å²) in [5.74, 6) is -0.597. The molecule has 0 aliphatic rings. The molecule has 0 heterocycles. The quantitative estimate of drug-likeness (QED) is 0.286. The number of carbonyl (C=O) groups excluding carboxylic acids is 2. The Morgan fingerprint density at radius 2 is 1.78 bits per heavy atom. The fourth-order valence-electron chi connectivity index (χ4n) is 2.11. The van der Waals surface area contributed by atoms with Crippen LogP contribution in [-0.4, -0.2) is 42.0 Å². The number of esters is 1. The van der Waals surface area contributed by atoms with Crippen molar-refractivity contribution < 1.29 is 29.0 Å². The van der Waals surface area contributed by atoms with Crippen molar-refractivity contribution >= 4 is 12.1 Å². The van der Waals surface area contributed by atoms with Crippen molar-refractivity contribution in [3.8, 4) is 0 Å². The summed E-state index contributed by atoms with van der Waals surface area (Å²) in [6, 6.07) is 8.29. The summed E-state index contributed by atoms with van der Waals surface area (Å²) < 4.78 is 10.4. The number of ether oxygens (including phenoxy) is 2. The molecule has 1 atom stereocenters. The minimum absolute atomic E-state index is 0.0614. The van der Waals surface area contributed by atoms with E-state index in [4.69, 9.17) is 9.47 Å². The molecule has 9 nitrogen and oxygen atoms in total. The molecule has 1 N–H and O–H groups in total. The van der Waals surface area contributed by atoms with Gasteiger partial charge in [-0.3, -0.25) is 0 Å². The Balaban J connectivity index is 2.57. The fourth-order valence-corrected chi connectivity index (χ4v) is 2.11. The number of rotatable bonds is 10. The van der Waals surface area contributed by atoms with Gasteiger partial charge in [0.2, 0.25) is 0 Å². The maximum absolute atomic E-state index is 12.4. The molecule has 1 unspecified atom stereocenters. The van der Waals surface area contributed by atoms with Gasteiger partial charge >= 0.3 is 12.1 Å². The smallest absolute Gasteiger partial charge is 0.408 e. The maximum Gasteiger partial charge on any atom is 0.408 e. The summed E-state index contributed by atoms with van der Waals surface area (Å²) >= 11 is 0. The third-order valence-electron chi connectivity index (χ3n) is 3.24. The Labute approximate surface area is 158 Å². The second-order valence-electron chi connectivity index (χ2n) is 6.82.